The van der Waals surface area contributed by atoms with Crippen molar-refractivity contribution in [2.75, 3.05) is 7.11 Å². The molecule has 0 unspecified atom stereocenters. The number of oxime groups is 1. The van der Waals surface area contributed by atoms with E-state index in [9.17, 15) is 0 Å². The molecule has 0 saturated heterocycles. The molecule has 0 spiro atoms. The van der Waals surface area contributed by atoms with Crippen molar-refractivity contribution in [2.45, 2.75) is 32.1 Å². The van der Waals surface area contributed by atoms with E-state index in [1.807, 2.05) is 0 Å². The van der Waals surface area contributed by atoms with Gasteiger partial charge in [-0.2, -0.15) is 0 Å². The van der Waals surface area contributed by atoms with E-state index < -0.39 is 0 Å². The summed E-state index contributed by atoms with van der Waals surface area (Å²) in [6.45, 7) is 3.70. The molecule has 0 aromatic heterocycles. The highest BCUT2D eigenvalue weighted by molar-refractivity contribution is 5.56. The highest BCUT2D eigenvalue weighted by Crippen LogP contribution is 1.91. The second-order valence-electron chi connectivity index (χ2n) is 2.32. The molecule has 0 fully saturated rings. The zero-order valence-electron chi connectivity index (χ0n) is 7.68. The molecule has 0 aliphatic carbocycles. The molecule has 0 saturated carbocycles. The standard InChI is InChI=1S/C10H16NO/c1-3-4-5-6-7-8-9-10-11-12-2/h10H,1,3-4,7-9H2,2H3/b11-10+. The van der Waals surface area contributed by atoms with Gasteiger partial charge in [0.25, 0.3) is 0 Å². The maximum Gasteiger partial charge on any atom is 0.106 e. The zero-order valence-corrected chi connectivity index (χ0v) is 7.68. The molecule has 0 bridgehead atoms. The predicted octanol–water partition coefficient (Wildman–Crippen LogP) is 2.41. The molecule has 2 nitrogen and oxygen atoms in total. The van der Waals surface area contributed by atoms with Gasteiger partial charge in [0.05, 0.1) is 0 Å². The van der Waals surface area contributed by atoms with Gasteiger partial charge in [-0.1, -0.05) is 12.1 Å². The first-order chi connectivity index (χ1) is 5.91. The molecule has 2 heteroatoms. The summed E-state index contributed by atoms with van der Waals surface area (Å²) in [5.74, 6) is 6.11. The van der Waals surface area contributed by atoms with Gasteiger partial charge in [-0.15, -0.1) is 11.8 Å². The summed E-state index contributed by atoms with van der Waals surface area (Å²) < 4.78 is 0. The molecule has 0 atom stereocenters. The fourth-order valence-corrected chi connectivity index (χ4v) is 0.674. The summed E-state index contributed by atoms with van der Waals surface area (Å²) in [4.78, 5) is 4.51. The normalized spacial score (nSPS) is 9.50. The predicted molar refractivity (Wildman–Crippen MR) is 51.7 cm³/mol. The van der Waals surface area contributed by atoms with Gasteiger partial charge >= 0.3 is 0 Å². The summed E-state index contributed by atoms with van der Waals surface area (Å²) in [6, 6.07) is 0. The van der Waals surface area contributed by atoms with Crippen LogP contribution >= 0.6 is 0 Å². The summed E-state index contributed by atoms with van der Waals surface area (Å²) in [5.41, 5.74) is 0. The van der Waals surface area contributed by atoms with Gasteiger partial charge in [0.15, 0.2) is 0 Å². The van der Waals surface area contributed by atoms with Gasteiger partial charge in [-0.3, -0.25) is 0 Å². The number of hydrogen-bond donors (Lipinski definition) is 0. The maximum absolute atomic E-state index is 4.51. The van der Waals surface area contributed by atoms with E-state index in [1.54, 1.807) is 13.3 Å². The topological polar surface area (TPSA) is 21.6 Å². The van der Waals surface area contributed by atoms with Crippen molar-refractivity contribution in [1.29, 1.82) is 0 Å². The Morgan fingerprint density at radius 3 is 2.83 bits per heavy atom. The van der Waals surface area contributed by atoms with E-state index in [4.69, 9.17) is 0 Å². The number of hydrogen-bond acceptors (Lipinski definition) is 2. The molecule has 1 radical (unpaired) electrons. The van der Waals surface area contributed by atoms with Crippen LogP contribution in [-0.4, -0.2) is 13.3 Å². The van der Waals surface area contributed by atoms with Crippen molar-refractivity contribution in [3.05, 3.63) is 6.92 Å². The van der Waals surface area contributed by atoms with Crippen LogP contribution in [0.5, 0.6) is 0 Å². The molecule has 0 rings (SSSR count). The lowest BCUT2D eigenvalue weighted by Crippen LogP contribution is -1.77. The average molecular weight is 166 g/mol. The van der Waals surface area contributed by atoms with E-state index in [2.05, 4.69) is 28.8 Å². The van der Waals surface area contributed by atoms with Gasteiger partial charge in [0, 0.05) is 19.1 Å². The minimum absolute atomic E-state index is 0.901. The lowest BCUT2D eigenvalue weighted by atomic mass is 10.2. The minimum atomic E-state index is 0.901. The van der Waals surface area contributed by atoms with Crippen molar-refractivity contribution in [2.24, 2.45) is 5.16 Å². The average Bonchev–Trinajstić information content (AvgIpc) is 2.10. The first kappa shape index (κ1) is 11.0. The quantitative estimate of drug-likeness (QED) is 0.266. The SMILES string of the molecule is [CH2]CCC#CCCC/C=N/OC. The Balaban J connectivity index is 3.11. The van der Waals surface area contributed by atoms with E-state index in [0.29, 0.717) is 0 Å². The van der Waals surface area contributed by atoms with Crippen LogP contribution in [0.15, 0.2) is 5.16 Å². The third-order valence-corrected chi connectivity index (χ3v) is 1.24. The summed E-state index contributed by atoms with van der Waals surface area (Å²) in [5, 5.41) is 3.62. The molecule has 0 aliphatic heterocycles. The van der Waals surface area contributed by atoms with E-state index in [0.717, 1.165) is 32.1 Å². The second-order valence-corrected chi connectivity index (χ2v) is 2.32. The van der Waals surface area contributed by atoms with Crippen LogP contribution in [-0.2, 0) is 4.84 Å². The fourth-order valence-electron chi connectivity index (χ4n) is 0.674. The molecule has 0 aromatic carbocycles. The van der Waals surface area contributed by atoms with E-state index in [-0.39, 0.29) is 0 Å². The molecular formula is C10H16NO. The smallest absolute Gasteiger partial charge is 0.106 e. The lowest BCUT2D eigenvalue weighted by Gasteiger charge is -1.87. The summed E-state index contributed by atoms with van der Waals surface area (Å²) in [7, 11) is 1.55. The second kappa shape index (κ2) is 10.0. The Labute approximate surface area is 75.0 Å². The number of nitrogens with zero attached hydrogens (tertiary/aromatic N) is 1. The number of unbranched alkanes of at least 4 members (excludes halogenated alkanes) is 3. The molecule has 12 heavy (non-hydrogen) atoms. The van der Waals surface area contributed by atoms with Crippen molar-refractivity contribution in [3.63, 3.8) is 0 Å². The van der Waals surface area contributed by atoms with Gasteiger partial charge in [0.1, 0.15) is 7.11 Å². The van der Waals surface area contributed by atoms with E-state index >= 15 is 0 Å². The van der Waals surface area contributed by atoms with Crippen molar-refractivity contribution < 1.29 is 4.84 Å². The van der Waals surface area contributed by atoms with Gasteiger partial charge in [0.2, 0.25) is 0 Å². The molecule has 0 aromatic rings. The highest BCUT2D eigenvalue weighted by Gasteiger charge is 1.80. The maximum atomic E-state index is 4.51. The van der Waals surface area contributed by atoms with Crippen LogP contribution in [0.4, 0.5) is 0 Å². The van der Waals surface area contributed by atoms with Crippen LogP contribution in [0.2, 0.25) is 0 Å². The molecule has 0 heterocycles. The van der Waals surface area contributed by atoms with Crippen LogP contribution in [0.3, 0.4) is 0 Å². The third-order valence-electron chi connectivity index (χ3n) is 1.24. The highest BCUT2D eigenvalue weighted by atomic mass is 16.6. The van der Waals surface area contributed by atoms with Crippen molar-refractivity contribution in [3.8, 4) is 11.8 Å². The van der Waals surface area contributed by atoms with Crippen LogP contribution in [0.25, 0.3) is 0 Å². The Morgan fingerprint density at radius 2 is 2.17 bits per heavy atom. The molecule has 0 aliphatic rings. The van der Waals surface area contributed by atoms with Crippen LogP contribution in [0, 0.1) is 18.8 Å². The van der Waals surface area contributed by atoms with Crippen molar-refractivity contribution >= 4 is 6.21 Å². The van der Waals surface area contributed by atoms with Gasteiger partial charge in [-0.05, 0) is 19.3 Å². The number of rotatable bonds is 5. The largest absolute Gasteiger partial charge is 0.399 e. The Morgan fingerprint density at radius 1 is 1.42 bits per heavy atom. The first-order valence-electron chi connectivity index (χ1n) is 4.21. The Bertz CT molecular complexity index is 164. The van der Waals surface area contributed by atoms with Gasteiger partial charge < -0.3 is 4.84 Å². The summed E-state index contributed by atoms with van der Waals surface area (Å²) >= 11 is 0. The van der Waals surface area contributed by atoms with E-state index in [1.165, 1.54) is 0 Å². The molecule has 67 valence electrons. The molecule has 0 N–H and O–H groups in total. The van der Waals surface area contributed by atoms with Crippen LogP contribution in [0.1, 0.15) is 32.1 Å². The van der Waals surface area contributed by atoms with Crippen molar-refractivity contribution in [1.82, 2.24) is 0 Å². The Hall–Kier alpha value is -0.970. The first-order valence-corrected chi connectivity index (χ1v) is 4.21. The van der Waals surface area contributed by atoms with Gasteiger partial charge in [-0.25, -0.2) is 0 Å². The minimum Gasteiger partial charge on any atom is -0.399 e. The lowest BCUT2D eigenvalue weighted by molar-refractivity contribution is 0.214. The van der Waals surface area contributed by atoms with Crippen LogP contribution < -0.4 is 0 Å². The zero-order chi connectivity index (χ0) is 9.07. The third kappa shape index (κ3) is 9.03. The fraction of sp³-hybridized carbons (Fsp3) is 0.600. The molecule has 0 amide bonds. The molecular weight excluding hydrogens is 150 g/mol. The monoisotopic (exact) mass is 166 g/mol. The Kier molecular flexibility index (Phi) is 9.22. The summed E-state index contributed by atoms with van der Waals surface area (Å²) in [6.07, 6.45) is 6.51.